The lowest BCUT2D eigenvalue weighted by Crippen LogP contribution is -2.61. The van der Waals surface area contributed by atoms with Gasteiger partial charge in [-0.2, -0.15) is 0 Å². The Morgan fingerprint density at radius 2 is 0.496 bits per heavy atom. The fourth-order valence-electron chi connectivity index (χ4n) is 22.1. The summed E-state index contributed by atoms with van der Waals surface area (Å²) in [6.45, 7) is 21.2. The van der Waals surface area contributed by atoms with E-state index in [4.69, 9.17) is 0 Å². The number of aromatic nitrogens is 2. The second-order valence-corrected chi connectivity index (χ2v) is 39.5. The van der Waals surface area contributed by atoms with Gasteiger partial charge in [0.1, 0.15) is 0 Å². The highest BCUT2D eigenvalue weighted by atomic mass is 15.2. The summed E-state index contributed by atoms with van der Waals surface area (Å²) >= 11 is 0. The summed E-state index contributed by atoms with van der Waals surface area (Å²) in [6, 6.07) is 158. The second kappa shape index (κ2) is 29.5. The maximum atomic E-state index is 2.77. The van der Waals surface area contributed by atoms with E-state index in [1.807, 2.05) is 0 Å². The first-order chi connectivity index (χ1) is 63.9. The molecule has 21 aromatic carbocycles. The van der Waals surface area contributed by atoms with Crippen molar-refractivity contribution in [3.8, 4) is 78.1 Å². The average molecular weight is 1680 g/mol. The smallest absolute Gasteiger partial charge is 0.252 e. The first-order valence-electron chi connectivity index (χ1n) is 46.3. The van der Waals surface area contributed by atoms with E-state index in [0.717, 1.165) is 101 Å². The van der Waals surface area contributed by atoms with Crippen LogP contribution in [0.25, 0.3) is 186 Å². The van der Waals surface area contributed by atoms with E-state index in [1.54, 1.807) is 0 Å². The van der Waals surface area contributed by atoms with Gasteiger partial charge >= 0.3 is 0 Å². The van der Waals surface area contributed by atoms with Crippen LogP contribution in [0.5, 0.6) is 0 Å². The maximum absolute atomic E-state index is 2.77. The first-order valence-corrected chi connectivity index (χ1v) is 46.3. The van der Waals surface area contributed by atoms with Crippen molar-refractivity contribution < 1.29 is 0 Å². The molecule has 0 aliphatic carbocycles. The molecule has 5 heteroatoms. The van der Waals surface area contributed by atoms with Crippen molar-refractivity contribution in [3.63, 3.8) is 0 Å². The third-order valence-electron chi connectivity index (χ3n) is 28.6. The monoisotopic (exact) mass is 1670 g/mol. The molecule has 0 spiro atoms. The molecule has 23 aromatic rings. The summed E-state index contributed by atoms with van der Waals surface area (Å²) in [4.78, 5) is 5.55. The highest BCUT2D eigenvalue weighted by molar-refractivity contribution is 7.00. The predicted molar refractivity (Wildman–Crippen MR) is 563 cm³/mol. The fraction of sp³-hybridized carbons (Fsp3) is 0.0952. The number of fused-ring (bicyclic) bond motifs is 22. The number of rotatable bonds is 10. The lowest BCUT2D eigenvalue weighted by Gasteiger charge is -2.47. The topological polar surface area (TPSA) is 16.3 Å². The van der Waals surface area contributed by atoms with Crippen molar-refractivity contribution in [3.05, 3.63) is 429 Å². The van der Waals surface area contributed by atoms with E-state index >= 15 is 0 Å². The van der Waals surface area contributed by atoms with Crippen LogP contribution in [0.4, 0.5) is 34.1 Å². The lowest BCUT2D eigenvalue weighted by molar-refractivity contribution is 0.590. The van der Waals surface area contributed by atoms with Gasteiger partial charge in [0.15, 0.2) is 0 Å². The zero-order valence-electron chi connectivity index (χ0n) is 75.1. The van der Waals surface area contributed by atoms with Gasteiger partial charge in [-0.1, -0.05) is 378 Å². The Morgan fingerprint density at radius 3 is 0.847 bits per heavy atom. The van der Waals surface area contributed by atoms with Crippen molar-refractivity contribution in [2.75, 3.05) is 9.80 Å². The van der Waals surface area contributed by atoms with Gasteiger partial charge in [0, 0.05) is 88.7 Å². The van der Waals surface area contributed by atoms with Crippen LogP contribution in [0, 0.1) is 0 Å². The van der Waals surface area contributed by atoms with Gasteiger partial charge in [0.25, 0.3) is 6.71 Å². The van der Waals surface area contributed by atoms with Crippen molar-refractivity contribution in [2.24, 2.45) is 0 Å². The number of nitrogens with zero attached hydrogens (tertiary/aromatic N) is 4. The molecule has 622 valence electrons. The van der Waals surface area contributed by atoms with Crippen LogP contribution in [-0.2, 0) is 16.2 Å². The predicted octanol–water partition coefficient (Wildman–Crippen LogP) is 32.8. The van der Waals surface area contributed by atoms with Crippen molar-refractivity contribution in [1.29, 1.82) is 0 Å². The average Bonchev–Trinajstić information content (AvgIpc) is 1.21. The molecule has 0 unspecified atom stereocenters. The molecule has 0 amide bonds. The van der Waals surface area contributed by atoms with Crippen LogP contribution in [0.2, 0.25) is 0 Å². The third kappa shape index (κ3) is 12.3. The Labute approximate surface area is 764 Å². The summed E-state index contributed by atoms with van der Waals surface area (Å²) in [5, 5.41) is 19.6. The van der Waals surface area contributed by atoms with E-state index in [0.29, 0.717) is 0 Å². The molecule has 0 fully saturated rings. The minimum Gasteiger partial charge on any atom is -0.310 e. The molecule has 0 saturated carbocycles. The minimum absolute atomic E-state index is 0.244. The van der Waals surface area contributed by atoms with Crippen molar-refractivity contribution in [1.82, 2.24) is 9.13 Å². The third-order valence-corrected chi connectivity index (χ3v) is 28.6. The molecule has 0 radical (unpaired) electrons. The second-order valence-electron chi connectivity index (χ2n) is 39.5. The summed E-state index contributed by atoms with van der Waals surface area (Å²) in [6.07, 6.45) is 0. The maximum Gasteiger partial charge on any atom is 0.252 e. The van der Waals surface area contributed by atoms with E-state index < -0.39 is 5.41 Å². The summed E-state index contributed by atoms with van der Waals surface area (Å²) in [5.41, 5.74) is 33.9. The summed E-state index contributed by atoms with van der Waals surface area (Å²) in [7, 11) is 0. The molecule has 0 atom stereocenters. The number of hydrogen-bond donors (Lipinski definition) is 0. The van der Waals surface area contributed by atoms with Crippen LogP contribution >= 0.6 is 0 Å². The molecule has 0 bridgehead atoms. The van der Waals surface area contributed by atoms with Crippen molar-refractivity contribution in [2.45, 2.75) is 78.6 Å². The van der Waals surface area contributed by atoms with E-state index in [2.05, 4.69) is 494 Å². The summed E-state index contributed by atoms with van der Waals surface area (Å²) in [5.74, 6) is 0. The van der Waals surface area contributed by atoms with Crippen LogP contribution in [0.1, 0.15) is 79.0 Å². The van der Waals surface area contributed by atoms with Gasteiger partial charge in [0.05, 0.1) is 33.4 Å². The molecule has 25 rings (SSSR count). The molecule has 0 N–H and O–H groups in total. The lowest BCUT2D eigenvalue weighted by atomic mass is 9.33. The number of benzene rings is 21. The molecule has 2 aromatic heterocycles. The zero-order valence-corrected chi connectivity index (χ0v) is 75.1. The minimum atomic E-state index is -0.402. The first kappa shape index (κ1) is 77.8. The SMILES string of the molecule is CC(C)(C)c1cc(-c2ccccc2)c(N2c3cc(-n4c5ccc(-c6ccc7ccccc7c6)cc5c5c6ccccc6c6ccccc6c54)ccc3B3c4ccc(-n5c6ccc(-c7ccc8ccccc8c7)cc6c6c7ccccc7c7ccccc7c65)cc4N(c4c(-c5ccccc5)cc(C(C)(C)C)cc4-c4ccccc4)c4cc(C(C)(C)C)cc2c43)c(-c2ccccc2)c1. The Morgan fingerprint density at radius 1 is 0.206 bits per heavy atom. The normalized spacial score (nSPS) is 12.9. The number of anilines is 6. The highest BCUT2D eigenvalue weighted by Crippen LogP contribution is 2.57. The van der Waals surface area contributed by atoms with Crippen LogP contribution in [0.15, 0.2) is 413 Å². The highest BCUT2D eigenvalue weighted by Gasteiger charge is 2.47. The molecule has 2 aliphatic heterocycles. The molecule has 131 heavy (non-hydrogen) atoms. The standard InChI is InChI=1S/C126H95BN4/c1-124(2,3)90-70-103(80-36-14-10-15-37-80)120(104(71-90)81-38-16-11-17-39-81)130-113-76-93(128-111-64-58-88(86-56-54-78-34-22-24-44-84(78)66-86)68-107(111)117-99-50-30-26-46-95(99)97-48-28-32-52-101(97)122(117)128)60-62-109(113)127-110-63-61-94(129-112-65-59-89(87-57-55-79-35-23-25-45-85(79)67-87)69-108(112)118-100-51-31-27-47-96(100)98-49-29-33-53-102(98)123(118)129)77-114(110)131(116-75-92(126(7,8)9)74-115(130)119(116)127)121-105(82-40-18-12-19-41-82)72-91(125(4,5)6)73-106(121)83-42-20-13-21-43-83/h10-77H,1-9H3. The Bertz CT molecular complexity index is 8100. The van der Waals surface area contributed by atoms with Gasteiger partial charge in [-0.3, -0.25) is 0 Å². The van der Waals surface area contributed by atoms with Crippen LogP contribution < -0.4 is 26.2 Å². The molecule has 4 heterocycles. The van der Waals surface area contributed by atoms with Gasteiger partial charge < -0.3 is 18.9 Å². The largest absolute Gasteiger partial charge is 0.310 e. The molecular formula is C126H95BN4. The van der Waals surface area contributed by atoms with Crippen molar-refractivity contribution >= 4 is 165 Å². The Hall–Kier alpha value is -15.6. The molecule has 2 aliphatic rings. The quantitative estimate of drug-likeness (QED) is 0.100. The van der Waals surface area contributed by atoms with E-state index in [1.165, 1.54) is 153 Å². The van der Waals surface area contributed by atoms with E-state index in [-0.39, 0.29) is 17.5 Å². The molecular weight excluding hydrogens is 1580 g/mol. The molecule has 0 saturated heterocycles. The Balaban J connectivity index is 0.847. The van der Waals surface area contributed by atoms with Gasteiger partial charge in [0.2, 0.25) is 0 Å². The number of hydrogen-bond acceptors (Lipinski definition) is 2. The van der Waals surface area contributed by atoms with Gasteiger partial charge in [-0.25, -0.2) is 0 Å². The Kier molecular flexibility index (Phi) is 17.5. The van der Waals surface area contributed by atoms with Gasteiger partial charge in [-0.05, 0) is 245 Å². The fourth-order valence-corrected chi connectivity index (χ4v) is 22.1. The zero-order chi connectivity index (χ0) is 88.0. The van der Waals surface area contributed by atoms with Crippen LogP contribution in [-0.4, -0.2) is 15.8 Å². The van der Waals surface area contributed by atoms with Gasteiger partial charge in [-0.15, -0.1) is 0 Å². The van der Waals surface area contributed by atoms with E-state index in [9.17, 15) is 0 Å². The molecule has 4 nitrogen and oxygen atoms in total. The van der Waals surface area contributed by atoms with Crippen LogP contribution in [0.3, 0.4) is 0 Å². The summed E-state index contributed by atoms with van der Waals surface area (Å²) < 4.78 is 5.27.